The topological polar surface area (TPSA) is 118 Å². The van der Waals surface area contributed by atoms with E-state index in [0.717, 1.165) is 33.6 Å². The number of thiazole rings is 1. The second kappa shape index (κ2) is 10.5. The Morgan fingerprint density at radius 2 is 1.74 bits per heavy atom. The zero-order chi connectivity index (χ0) is 24.1. The number of aliphatic carboxylic acids is 1. The number of nitrogens with zero attached hydrogens (tertiary/aromatic N) is 1. The maximum atomic E-state index is 12.4. The largest absolute Gasteiger partial charge is 0.481 e. The van der Waals surface area contributed by atoms with E-state index in [-0.39, 0.29) is 29.1 Å². The van der Waals surface area contributed by atoms with Gasteiger partial charge in [0.1, 0.15) is 11.5 Å². The highest BCUT2D eigenvalue weighted by Gasteiger charge is 2.29. The molecule has 3 aromatic rings. The number of carbonyl (C=O) groups excluding carboxylic acids is 2. The smallest absolute Gasteiger partial charge is 0.413 e. The van der Waals surface area contributed by atoms with Crippen molar-refractivity contribution in [2.24, 2.45) is 5.92 Å². The van der Waals surface area contributed by atoms with E-state index in [0.29, 0.717) is 12.8 Å². The first-order chi connectivity index (χ1) is 16.5. The molecule has 2 aromatic carbocycles. The van der Waals surface area contributed by atoms with Crippen molar-refractivity contribution in [3.63, 3.8) is 0 Å². The van der Waals surface area contributed by atoms with E-state index in [1.807, 2.05) is 43.3 Å². The highest BCUT2D eigenvalue weighted by Crippen LogP contribution is 2.44. The van der Waals surface area contributed by atoms with Crippen LogP contribution in [0.2, 0.25) is 0 Å². The fourth-order valence-electron chi connectivity index (χ4n) is 4.12. The van der Waals surface area contributed by atoms with Gasteiger partial charge in [-0.3, -0.25) is 14.9 Å². The highest BCUT2D eigenvalue weighted by molar-refractivity contribution is 7.17. The summed E-state index contributed by atoms with van der Waals surface area (Å²) in [5.41, 5.74) is 4.53. The van der Waals surface area contributed by atoms with E-state index < -0.39 is 23.9 Å². The van der Waals surface area contributed by atoms with Crippen molar-refractivity contribution >= 4 is 34.4 Å². The quantitative estimate of drug-likeness (QED) is 0.408. The number of amides is 2. The minimum atomic E-state index is -0.941. The first kappa shape index (κ1) is 23.4. The molecule has 0 saturated heterocycles. The molecule has 1 atom stereocenters. The third kappa shape index (κ3) is 5.09. The van der Waals surface area contributed by atoms with Crippen LogP contribution in [-0.2, 0) is 9.53 Å². The van der Waals surface area contributed by atoms with Crippen LogP contribution in [0.4, 0.5) is 9.93 Å². The number of carbonyl (C=O) groups is 3. The summed E-state index contributed by atoms with van der Waals surface area (Å²) in [5, 5.41) is 14.6. The predicted octanol–water partition coefficient (Wildman–Crippen LogP) is 4.73. The minimum absolute atomic E-state index is 0.0368. The van der Waals surface area contributed by atoms with Crippen LogP contribution >= 0.6 is 11.3 Å². The molecular formula is C25H25N3O5S. The molecule has 1 aromatic heterocycles. The molecule has 8 nitrogen and oxygen atoms in total. The molecule has 0 bridgehead atoms. The lowest BCUT2D eigenvalue weighted by molar-refractivity contribution is -0.141. The number of hydrogen-bond donors (Lipinski definition) is 3. The van der Waals surface area contributed by atoms with E-state index in [2.05, 4.69) is 27.8 Å². The molecule has 1 aliphatic carbocycles. The minimum Gasteiger partial charge on any atom is -0.481 e. The van der Waals surface area contributed by atoms with Crippen molar-refractivity contribution in [1.29, 1.82) is 0 Å². The van der Waals surface area contributed by atoms with Crippen LogP contribution in [0.1, 0.15) is 46.5 Å². The number of anilines is 1. The lowest BCUT2D eigenvalue weighted by Crippen LogP contribution is -2.32. The fraction of sp³-hybridized carbons (Fsp3) is 0.280. The van der Waals surface area contributed by atoms with Gasteiger partial charge >= 0.3 is 12.1 Å². The molecule has 0 saturated carbocycles. The number of hydrogen-bond acceptors (Lipinski definition) is 6. The first-order valence-corrected chi connectivity index (χ1v) is 11.9. The fourth-order valence-corrected chi connectivity index (χ4v) is 4.84. The van der Waals surface area contributed by atoms with Gasteiger partial charge in [-0.15, -0.1) is 0 Å². The predicted molar refractivity (Wildman–Crippen MR) is 129 cm³/mol. The molecular weight excluding hydrogens is 454 g/mol. The lowest BCUT2D eigenvalue weighted by atomic mass is 9.98. The van der Waals surface area contributed by atoms with E-state index in [9.17, 15) is 19.5 Å². The summed E-state index contributed by atoms with van der Waals surface area (Å²) in [6.07, 6.45) is 1.88. The second-order valence-corrected chi connectivity index (χ2v) is 9.04. The molecule has 2 amide bonds. The Balaban J connectivity index is 1.33. The molecule has 1 heterocycles. The van der Waals surface area contributed by atoms with Gasteiger partial charge in [0, 0.05) is 12.5 Å². The van der Waals surface area contributed by atoms with Gasteiger partial charge in [-0.25, -0.2) is 9.78 Å². The van der Waals surface area contributed by atoms with Crippen molar-refractivity contribution < 1.29 is 24.2 Å². The van der Waals surface area contributed by atoms with Gasteiger partial charge in [0.15, 0.2) is 5.13 Å². The molecule has 0 radical (unpaired) electrons. The van der Waals surface area contributed by atoms with Gasteiger partial charge in [-0.05, 0) is 28.7 Å². The Labute approximate surface area is 201 Å². The van der Waals surface area contributed by atoms with E-state index in [1.165, 1.54) is 6.20 Å². The summed E-state index contributed by atoms with van der Waals surface area (Å²) in [7, 11) is 0. The molecule has 0 spiro atoms. The normalized spacial score (nSPS) is 13.0. The van der Waals surface area contributed by atoms with E-state index in [4.69, 9.17) is 4.74 Å². The number of rotatable bonds is 9. The number of ether oxygens (including phenoxy) is 1. The SMILES string of the molecule is CCCC(CNC(=O)c1cnc(NC(=O)OCC2c3ccccc3-c3ccccc32)s1)C(=O)O. The standard InChI is InChI=1S/C25H25N3O5S/c1-2-7-15(23(30)31)12-26-22(29)21-13-27-24(34-21)28-25(32)33-14-20-18-10-5-3-8-16(18)17-9-4-6-11-19(17)20/h3-6,8-11,13,15,20H,2,7,12,14H2,1H3,(H,26,29)(H,30,31)(H,27,28,32). The Hall–Kier alpha value is -3.72. The van der Waals surface area contributed by atoms with Gasteiger partial charge in [-0.1, -0.05) is 73.2 Å². The van der Waals surface area contributed by atoms with E-state index in [1.54, 1.807) is 0 Å². The third-order valence-corrected chi connectivity index (χ3v) is 6.69. The monoisotopic (exact) mass is 479 g/mol. The molecule has 34 heavy (non-hydrogen) atoms. The van der Waals surface area contributed by atoms with Crippen LogP contribution in [0.3, 0.4) is 0 Å². The number of benzene rings is 2. The maximum Gasteiger partial charge on any atom is 0.413 e. The number of fused-ring (bicyclic) bond motifs is 3. The molecule has 9 heteroatoms. The Morgan fingerprint density at radius 1 is 1.09 bits per heavy atom. The van der Waals surface area contributed by atoms with Gasteiger partial charge in [0.2, 0.25) is 0 Å². The van der Waals surface area contributed by atoms with Crippen molar-refractivity contribution in [2.45, 2.75) is 25.7 Å². The molecule has 1 unspecified atom stereocenters. The Bertz CT molecular complexity index is 1160. The van der Waals surface area contributed by atoms with Crippen LogP contribution in [-0.4, -0.2) is 41.2 Å². The van der Waals surface area contributed by atoms with Crippen LogP contribution in [0.5, 0.6) is 0 Å². The van der Waals surface area contributed by atoms with Gasteiger partial charge in [0.05, 0.1) is 12.1 Å². The molecule has 176 valence electrons. The van der Waals surface area contributed by atoms with Crippen molar-refractivity contribution in [3.05, 3.63) is 70.7 Å². The highest BCUT2D eigenvalue weighted by atomic mass is 32.1. The average molecular weight is 480 g/mol. The number of aromatic nitrogens is 1. The van der Waals surface area contributed by atoms with Crippen molar-refractivity contribution in [3.8, 4) is 11.1 Å². The third-order valence-electron chi connectivity index (χ3n) is 5.78. The van der Waals surface area contributed by atoms with Gasteiger partial charge in [0.25, 0.3) is 5.91 Å². The Morgan fingerprint density at radius 3 is 2.35 bits per heavy atom. The summed E-state index contributed by atoms with van der Waals surface area (Å²) in [4.78, 5) is 40.3. The Kier molecular flexibility index (Phi) is 7.22. The summed E-state index contributed by atoms with van der Waals surface area (Å²) in [6, 6.07) is 16.2. The van der Waals surface area contributed by atoms with Crippen LogP contribution in [0.25, 0.3) is 11.1 Å². The van der Waals surface area contributed by atoms with E-state index >= 15 is 0 Å². The zero-order valence-electron chi connectivity index (χ0n) is 18.6. The number of carboxylic acids is 1. The summed E-state index contributed by atoms with van der Waals surface area (Å²) >= 11 is 0.995. The number of nitrogens with one attached hydrogen (secondary N) is 2. The number of carboxylic acid groups (broad SMARTS) is 1. The molecule has 0 fully saturated rings. The molecule has 0 aliphatic heterocycles. The maximum absolute atomic E-state index is 12.4. The van der Waals surface area contributed by atoms with Crippen LogP contribution < -0.4 is 10.6 Å². The van der Waals surface area contributed by atoms with Gasteiger partial charge < -0.3 is 15.2 Å². The lowest BCUT2D eigenvalue weighted by Gasteiger charge is -2.14. The summed E-state index contributed by atoms with van der Waals surface area (Å²) in [6.45, 7) is 2.10. The van der Waals surface area contributed by atoms with Crippen LogP contribution in [0, 0.1) is 5.92 Å². The molecule has 4 rings (SSSR count). The summed E-state index contributed by atoms with van der Waals surface area (Å²) in [5.74, 6) is -2.06. The van der Waals surface area contributed by atoms with Gasteiger partial charge in [-0.2, -0.15) is 0 Å². The van der Waals surface area contributed by atoms with Crippen LogP contribution in [0.15, 0.2) is 54.7 Å². The average Bonchev–Trinajstić information content (AvgIpc) is 3.43. The van der Waals surface area contributed by atoms with Crippen molar-refractivity contribution in [1.82, 2.24) is 10.3 Å². The first-order valence-electron chi connectivity index (χ1n) is 11.1. The molecule has 3 N–H and O–H groups in total. The zero-order valence-corrected chi connectivity index (χ0v) is 19.4. The molecule has 1 aliphatic rings. The second-order valence-electron chi connectivity index (χ2n) is 8.01. The summed E-state index contributed by atoms with van der Waals surface area (Å²) < 4.78 is 5.50. The van der Waals surface area contributed by atoms with Crippen molar-refractivity contribution in [2.75, 3.05) is 18.5 Å².